The molecule has 0 aromatic heterocycles. The minimum absolute atomic E-state index is 0.124. The number of hydrogen-bond donors (Lipinski definition) is 0. The predicted molar refractivity (Wildman–Crippen MR) is 66.2 cm³/mol. The quantitative estimate of drug-likeness (QED) is 0.423. The van der Waals surface area contributed by atoms with Crippen LogP contribution in [0.3, 0.4) is 0 Å². The van der Waals surface area contributed by atoms with E-state index in [9.17, 15) is 9.59 Å². The fourth-order valence-corrected chi connectivity index (χ4v) is 2.05. The van der Waals surface area contributed by atoms with Crippen LogP contribution in [0.25, 0.3) is 0 Å². The standard InChI is InChI=1S/C13H20O6/c1-6-9-10(19-13(2,3)18-9)7-8(11(14)16-4)12(15)17-5/h6,8-10H,1,7H2,2-5H3/t9-,10+/m0/s1. The maximum absolute atomic E-state index is 11.6. The van der Waals surface area contributed by atoms with Gasteiger partial charge in [-0.15, -0.1) is 6.58 Å². The Morgan fingerprint density at radius 1 is 1.26 bits per heavy atom. The van der Waals surface area contributed by atoms with Crippen molar-refractivity contribution in [2.24, 2.45) is 5.92 Å². The largest absolute Gasteiger partial charge is 0.468 e. The number of carbonyl (C=O) groups excluding carboxylic acids is 2. The molecule has 2 atom stereocenters. The van der Waals surface area contributed by atoms with Crippen molar-refractivity contribution in [3.05, 3.63) is 12.7 Å². The van der Waals surface area contributed by atoms with Crippen LogP contribution in [-0.4, -0.2) is 44.2 Å². The Balaban J connectivity index is 2.81. The van der Waals surface area contributed by atoms with Crippen molar-refractivity contribution in [1.82, 2.24) is 0 Å². The first-order valence-electron chi connectivity index (χ1n) is 5.98. The molecule has 1 saturated heterocycles. The third-order valence-corrected chi connectivity index (χ3v) is 2.89. The molecule has 1 aliphatic rings. The Morgan fingerprint density at radius 3 is 2.21 bits per heavy atom. The maximum Gasteiger partial charge on any atom is 0.320 e. The Labute approximate surface area is 112 Å². The molecular weight excluding hydrogens is 252 g/mol. The molecule has 19 heavy (non-hydrogen) atoms. The highest BCUT2D eigenvalue weighted by Gasteiger charge is 2.43. The highest BCUT2D eigenvalue weighted by Crippen LogP contribution is 2.32. The molecule has 1 heterocycles. The second-order valence-corrected chi connectivity index (χ2v) is 4.71. The van der Waals surface area contributed by atoms with Gasteiger partial charge in [0, 0.05) is 6.42 Å². The van der Waals surface area contributed by atoms with E-state index in [1.54, 1.807) is 19.9 Å². The number of ether oxygens (including phenoxy) is 4. The number of hydrogen-bond acceptors (Lipinski definition) is 6. The molecule has 0 saturated carbocycles. The van der Waals surface area contributed by atoms with E-state index in [1.807, 2.05) is 0 Å². The highest BCUT2D eigenvalue weighted by molar-refractivity contribution is 5.94. The van der Waals surface area contributed by atoms with E-state index < -0.39 is 29.7 Å². The zero-order valence-electron chi connectivity index (χ0n) is 11.7. The fraction of sp³-hybridized carbons (Fsp3) is 0.692. The Hall–Kier alpha value is -1.40. The normalized spacial score (nSPS) is 25.1. The van der Waals surface area contributed by atoms with Crippen molar-refractivity contribution in [1.29, 1.82) is 0 Å². The minimum Gasteiger partial charge on any atom is -0.468 e. The van der Waals surface area contributed by atoms with Crippen molar-refractivity contribution in [2.75, 3.05) is 14.2 Å². The van der Waals surface area contributed by atoms with Crippen LogP contribution in [0.2, 0.25) is 0 Å². The Morgan fingerprint density at radius 2 is 1.79 bits per heavy atom. The lowest BCUT2D eigenvalue weighted by molar-refractivity contribution is -0.164. The van der Waals surface area contributed by atoms with Gasteiger partial charge in [-0.1, -0.05) is 6.08 Å². The van der Waals surface area contributed by atoms with Crippen LogP contribution < -0.4 is 0 Å². The number of rotatable bonds is 5. The molecule has 0 N–H and O–H groups in total. The molecule has 6 heteroatoms. The smallest absolute Gasteiger partial charge is 0.320 e. The van der Waals surface area contributed by atoms with Gasteiger partial charge >= 0.3 is 11.9 Å². The summed E-state index contributed by atoms with van der Waals surface area (Å²) in [5, 5.41) is 0. The first kappa shape index (κ1) is 15.7. The fourth-order valence-electron chi connectivity index (χ4n) is 2.05. The van der Waals surface area contributed by atoms with Crippen LogP contribution in [0.15, 0.2) is 12.7 Å². The van der Waals surface area contributed by atoms with Gasteiger partial charge in [0.2, 0.25) is 0 Å². The van der Waals surface area contributed by atoms with Gasteiger partial charge in [-0.05, 0) is 13.8 Å². The van der Waals surface area contributed by atoms with Gasteiger partial charge in [-0.3, -0.25) is 9.59 Å². The van der Waals surface area contributed by atoms with Gasteiger partial charge in [0.25, 0.3) is 0 Å². The third kappa shape index (κ3) is 3.78. The van der Waals surface area contributed by atoms with Crippen molar-refractivity contribution in [2.45, 2.75) is 38.3 Å². The van der Waals surface area contributed by atoms with Gasteiger partial charge in [0.05, 0.1) is 20.3 Å². The summed E-state index contributed by atoms with van der Waals surface area (Å²) in [6.07, 6.45) is 0.882. The Bertz CT molecular complexity index is 346. The molecule has 0 aromatic carbocycles. The van der Waals surface area contributed by atoms with E-state index in [2.05, 4.69) is 16.1 Å². The first-order valence-corrected chi connectivity index (χ1v) is 5.98. The molecule has 0 aliphatic carbocycles. The molecule has 6 nitrogen and oxygen atoms in total. The molecule has 1 rings (SSSR count). The summed E-state index contributed by atoms with van der Waals surface area (Å²) in [7, 11) is 2.44. The summed E-state index contributed by atoms with van der Waals surface area (Å²) in [5.41, 5.74) is 0. The van der Waals surface area contributed by atoms with E-state index in [4.69, 9.17) is 9.47 Å². The van der Waals surface area contributed by atoms with Gasteiger partial charge < -0.3 is 18.9 Å². The van der Waals surface area contributed by atoms with Crippen LogP contribution in [0, 0.1) is 5.92 Å². The van der Waals surface area contributed by atoms with E-state index in [-0.39, 0.29) is 12.5 Å². The van der Waals surface area contributed by atoms with Crippen molar-refractivity contribution < 1.29 is 28.5 Å². The second-order valence-electron chi connectivity index (χ2n) is 4.71. The van der Waals surface area contributed by atoms with Crippen LogP contribution >= 0.6 is 0 Å². The Kier molecular flexibility index (Phi) is 5.08. The highest BCUT2D eigenvalue weighted by atomic mass is 16.7. The lowest BCUT2D eigenvalue weighted by Gasteiger charge is -2.19. The maximum atomic E-state index is 11.6. The minimum atomic E-state index is -1.03. The zero-order valence-corrected chi connectivity index (χ0v) is 11.7. The van der Waals surface area contributed by atoms with Gasteiger partial charge in [0.15, 0.2) is 11.7 Å². The average molecular weight is 272 g/mol. The van der Waals surface area contributed by atoms with Crippen molar-refractivity contribution in [3.8, 4) is 0 Å². The molecule has 1 fully saturated rings. The summed E-state index contributed by atoms with van der Waals surface area (Å²) in [5.74, 6) is -3.11. The molecular formula is C13H20O6. The molecule has 0 unspecified atom stereocenters. The van der Waals surface area contributed by atoms with Crippen molar-refractivity contribution >= 4 is 11.9 Å². The summed E-state index contributed by atoms with van der Waals surface area (Å²) >= 11 is 0. The summed E-state index contributed by atoms with van der Waals surface area (Å²) in [6.45, 7) is 7.18. The summed E-state index contributed by atoms with van der Waals surface area (Å²) in [4.78, 5) is 23.2. The molecule has 0 spiro atoms. The lowest BCUT2D eigenvalue weighted by atomic mass is 9.98. The van der Waals surface area contributed by atoms with Gasteiger partial charge in [-0.2, -0.15) is 0 Å². The second kappa shape index (κ2) is 6.16. The van der Waals surface area contributed by atoms with Gasteiger partial charge in [-0.25, -0.2) is 0 Å². The SMILES string of the molecule is C=C[C@@H]1OC(C)(C)O[C@@H]1CC(C(=O)OC)C(=O)OC. The van der Waals surface area contributed by atoms with E-state index in [0.717, 1.165) is 0 Å². The predicted octanol–water partition coefficient (Wildman–Crippen LogP) is 1.04. The van der Waals surface area contributed by atoms with Crippen LogP contribution in [0.1, 0.15) is 20.3 Å². The van der Waals surface area contributed by atoms with Crippen LogP contribution in [0.4, 0.5) is 0 Å². The van der Waals surface area contributed by atoms with E-state index in [0.29, 0.717) is 0 Å². The first-order chi connectivity index (χ1) is 8.84. The van der Waals surface area contributed by atoms with E-state index >= 15 is 0 Å². The number of methoxy groups -OCH3 is 2. The molecule has 0 radical (unpaired) electrons. The average Bonchev–Trinajstić information content (AvgIpc) is 2.68. The topological polar surface area (TPSA) is 71.1 Å². The van der Waals surface area contributed by atoms with Crippen LogP contribution in [0.5, 0.6) is 0 Å². The van der Waals surface area contributed by atoms with Gasteiger partial charge in [0.1, 0.15) is 6.10 Å². The zero-order chi connectivity index (χ0) is 14.6. The molecule has 0 aromatic rings. The number of esters is 2. The molecule has 108 valence electrons. The molecule has 1 aliphatic heterocycles. The van der Waals surface area contributed by atoms with Crippen LogP contribution in [-0.2, 0) is 28.5 Å². The summed E-state index contributed by atoms with van der Waals surface area (Å²) in [6, 6.07) is 0. The lowest BCUT2D eigenvalue weighted by Crippen LogP contribution is -2.33. The summed E-state index contributed by atoms with van der Waals surface area (Å²) < 4.78 is 20.5. The van der Waals surface area contributed by atoms with E-state index in [1.165, 1.54) is 14.2 Å². The third-order valence-electron chi connectivity index (χ3n) is 2.89. The number of carbonyl (C=O) groups is 2. The molecule has 0 amide bonds. The monoisotopic (exact) mass is 272 g/mol. The van der Waals surface area contributed by atoms with Crippen molar-refractivity contribution in [3.63, 3.8) is 0 Å². The molecule has 0 bridgehead atoms.